The third-order valence-electron chi connectivity index (χ3n) is 20.8. The molecule has 0 saturated heterocycles. The molecule has 2 nitrogen and oxygen atoms in total. The quantitative estimate of drug-likeness (QED) is 0.0704. The van der Waals surface area contributed by atoms with Crippen molar-refractivity contribution in [2.75, 3.05) is 9.80 Å². The third kappa shape index (κ3) is 8.98. The van der Waals surface area contributed by atoms with E-state index in [1.165, 1.54) is 205 Å². The maximum Gasteiger partial charge on any atom is 0.0467 e. The molecule has 4 fully saturated rings. The van der Waals surface area contributed by atoms with E-state index < -0.39 is 0 Å². The van der Waals surface area contributed by atoms with Crippen LogP contribution in [0.4, 0.5) is 34.1 Å². The van der Waals surface area contributed by atoms with Gasteiger partial charge in [0.15, 0.2) is 0 Å². The van der Waals surface area contributed by atoms with Crippen LogP contribution in [0.25, 0.3) is 11.1 Å². The number of para-hydroxylation sites is 2. The maximum atomic E-state index is 2.72. The Morgan fingerprint density at radius 2 is 0.784 bits per heavy atom. The summed E-state index contributed by atoms with van der Waals surface area (Å²) in [6.45, 7) is 7.17. The van der Waals surface area contributed by atoms with Gasteiger partial charge in [-0.1, -0.05) is 145 Å². The van der Waals surface area contributed by atoms with Gasteiger partial charge in [-0.15, -0.1) is 0 Å². The van der Waals surface area contributed by atoms with Crippen LogP contribution in [0.3, 0.4) is 0 Å². The molecule has 0 aromatic heterocycles. The van der Waals surface area contributed by atoms with E-state index >= 15 is 0 Å². The van der Waals surface area contributed by atoms with Crippen molar-refractivity contribution in [2.45, 2.75) is 204 Å². The number of anilines is 6. The molecule has 0 heterocycles. The zero-order valence-corrected chi connectivity index (χ0v) is 45.6. The summed E-state index contributed by atoms with van der Waals surface area (Å²) in [6.07, 6.45) is 32.4. The lowest BCUT2D eigenvalue weighted by Crippen LogP contribution is -2.26. The number of hydrogen-bond acceptors (Lipinski definition) is 2. The van der Waals surface area contributed by atoms with Crippen LogP contribution in [0.2, 0.25) is 0 Å². The predicted octanol–water partition coefficient (Wildman–Crippen LogP) is 21.5. The fourth-order valence-corrected chi connectivity index (χ4v) is 17.8. The van der Waals surface area contributed by atoms with Crippen molar-refractivity contribution in [3.63, 3.8) is 0 Å². The molecule has 0 aliphatic heterocycles. The Kier molecular flexibility index (Phi) is 13.6. The molecule has 4 saturated carbocycles. The van der Waals surface area contributed by atoms with Crippen molar-refractivity contribution in [2.24, 2.45) is 23.7 Å². The van der Waals surface area contributed by atoms with E-state index in [0.717, 1.165) is 35.5 Å². The molecule has 74 heavy (non-hydrogen) atoms. The first-order chi connectivity index (χ1) is 36.4. The topological polar surface area (TPSA) is 6.48 Å². The monoisotopic (exact) mass is 979 g/mol. The molecule has 8 bridgehead atoms. The lowest BCUT2D eigenvalue weighted by atomic mass is 9.67. The van der Waals surface area contributed by atoms with Crippen molar-refractivity contribution in [1.29, 1.82) is 0 Å². The maximum absolute atomic E-state index is 2.72. The van der Waals surface area contributed by atoms with Gasteiger partial charge < -0.3 is 9.80 Å². The summed E-state index contributed by atoms with van der Waals surface area (Å²) in [5.74, 6) is 6.56. The Bertz CT molecular complexity index is 2890. The van der Waals surface area contributed by atoms with Crippen LogP contribution in [0.15, 0.2) is 127 Å². The Morgan fingerprint density at radius 1 is 0.365 bits per heavy atom. The lowest BCUT2D eigenvalue weighted by Gasteiger charge is -2.38. The van der Waals surface area contributed by atoms with E-state index in [2.05, 4.69) is 158 Å². The molecular weight excluding hydrogens is 893 g/mol. The number of rotatable bonds is 20. The first-order valence-corrected chi connectivity index (χ1v) is 30.7. The average molecular weight is 979 g/mol. The van der Waals surface area contributed by atoms with Gasteiger partial charge in [0.05, 0.1) is 0 Å². The zero-order chi connectivity index (χ0) is 49.8. The van der Waals surface area contributed by atoms with Gasteiger partial charge in [-0.05, 0) is 254 Å². The minimum absolute atomic E-state index is 0.0788. The molecule has 0 amide bonds. The van der Waals surface area contributed by atoms with Gasteiger partial charge in [0, 0.05) is 39.5 Å². The molecule has 9 aliphatic carbocycles. The lowest BCUT2D eigenvalue weighted by molar-refractivity contribution is 0.165. The number of aryl methyl sites for hydroxylation is 1. The Balaban J connectivity index is 0.947. The summed E-state index contributed by atoms with van der Waals surface area (Å²) in [5.41, 5.74) is 22.1. The minimum atomic E-state index is -0.0788. The van der Waals surface area contributed by atoms with Crippen LogP contribution in [0.1, 0.15) is 231 Å². The second-order valence-electron chi connectivity index (χ2n) is 25.6. The van der Waals surface area contributed by atoms with Crippen LogP contribution >= 0.6 is 0 Å². The SMILES string of the molecule is CCCCCCCCC1(CCCCCCCC)c2cc(N(c3ccccc3)c3ccc4c(c3)C3CC5CC(CC4C5)C3)ccc2-c2ccc(N(c3ccccc3)c3cc(C)c4c(c3)C3CC5CC(C3)CC4C5)cc21. The summed E-state index contributed by atoms with van der Waals surface area (Å²) in [6, 6.07) is 51.4. The van der Waals surface area contributed by atoms with Crippen molar-refractivity contribution >= 4 is 34.1 Å². The fourth-order valence-electron chi connectivity index (χ4n) is 17.8. The first kappa shape index (κ1) is 48.6. The Labute approximate surface area is 446 Å². The molecular formula is C72H86N2. The summed E-state index contributed by atoms with van der Waals surface area (Å²) in [4.78, 5) is 5.30. The third-order valence-corrected chi connectivity index (χ3v) is 20.8. The van der Waals surface area contributed by atoms with Gasteiger partial charge in [0.25, 0.3) is 0 Å². The molecule has 6 aromatic rings. The predicted molar refractivity (Wildman–Crippen MR) is 314 cm³/mol. The van der Waals surface area contributed by atoms with Crippen LogP contribution in [-0.4, -0.2) is 0 Å². The Hall–Kier alpha value is -5.08. The van der Waals surface area contributed by atoms with Gasteiger partial charge in [0.1, 0.15) is 0 Å². The van der Waals surface area contributed by atoms with Gasteiger partial charge in [-0.2, -0.15) is 0 Å². The number of nitrogens with zero attached hydrogens (tertiary/aromatic N) is 2. The highest BCUT2D eigenvalue weighted by molar-refractivity contribution is 5.89. The minimum Gasteiger partial charge on any atom is -0.310 e. The Morgan fingerprint density at radius 3 is 1.31 bits per heavy atom. The number of hydrogen-bond donors (Lipinski definition) is 0. The zero-order valence-electron chi connectivity index (χ0n) is 45.6. The largest absolute Gasteiger partial charge is 0.310 e. The van der Waals surface area contributed by atoms with Crippen molar-refractivity contribution in [3.8, 4) is 11.1 Å². The van der Waals surface area contributed by atoms with Gasteiger partial charge >= 0.3 is 0 Å². The van der Waals surface area contributed by atoms with E-state index in [4.69, 9.17) is 0 Å². The second kappa shape index (κ2) is 20.8. The summed E-state index contributed by atoms with van der Waals surface area (Å²) >= 11 is 0. The summed E-state index contributed by atoms with van der Waals surface area (Å²) in [7, 11) is 0. The van der Waals surface area contributed by atoms with Crippen LogP contribution < -0.4 is 9.80 Å². The smallest absolute Gasteiger partial charge is 0.0467 e. The average Bonchev–Trinajstić information content (AvgIpc) is 3.47. The van der Waals surface area contributed by atoms with E-state index in [1.54, 1.807) is 33.4 Å². The molecule has 0 N–H and O–H groups in total. The highest BCUT2D eigenvalue weighted by atomic mass is 15.1. The molecule has 9 aliphatic rings. The van der Waals surface area contributed by atoms with Crippen molar-refractivity contribution in [3.05, 3.63) is 166 Å². The van der Waals surface area contributed by atoms with E-state index in [9.17, 15) is 0 Å². The summed E-state index contributed by atoms with van der Waals surface area (Å²) < 4.78 is 0. The van der Waals surface area contributed by atoms with Gasteiger partial charge in [-0.3, -0.25) is 0 Å². The fraction of sp³-hybridized carbons (Fsp3) is 0.500. The number of benzene rings is 6. The molecule has 384 valence electrons. The normalized spacial score (nSPS) is 25.0. The van der Waals surface area contributed by atoms with E-state index in [1.807, 2.05) is 0 Å². The highest BCUT2D eigenvalue weighted by Crippen LogP contribution is 2.61. The van der Waals surface area contributed by atoms with E-state index in [0.29, 0.717) is 11.8 Å². The van der Waals surface area contributed by atoms with Gasteiger partial charge in [-0.25, -0.2) is 0 Å². The summed E-state index contributed by atoms with van der Waals surface area (Å²) in [5, 5.41) is 0. The molecule has 4 unspecified atom stereocenters. The second-order valence-corrected chi connectivity index (χ2v) is 25.6. The standard InChI is InChI=1S/C72H86N2/c1-4-6-8-10-12-20-32-72(33-21-13-11-9-7-5-2)69-47-61(73(58-22-16-14-17-23-58)60-26-29-64-54-37-50-35-51(38-54)40-55(39-50)67(64)45-60)27-30-65(69)66-31-28-62(48-70(66)72)74(59-24-18-15-19-25-59)63-34-49(3)71-57-43-52-36-53(44-57)42-56(41-52)68(71)46-63/h14-19,22-31,34,45-48,50-57H,4-13,20-21,32-33,35-44H2,1-3H3. The van der Waals surface area contributed by atoms with Crippen molar-refractivity contribution < 1.29 is 0 Å². The van der Waals surface area contributed by atoms with Crippen molar-refractivity contribution in [1.82, 2.24) is 0 Å². The molecule has 15 rings (SSSR count). The number of unbranched alkanes of at least 4 members (excludes halogenated alkanes) is 10. The van der Waals surface area contributed by atoms with Gasteiger partial charge in [0.2, 0.25) is 0 Å². The molecule has 2 heteroatoms. The van der Waals surface area contributed by atoms with Crippen LogP contribution in [0.5, 0.6) is 0 Å². The number of fused-ring (bicyclic) bond motifs is 3. The van der Waals surface area contributed by atoms with E-state index in [-0.39, 0.29) is 5.41 Å². The van der Waals surface area contributed by atoms with Crippen LogP contribution in [0, 0.1) is 30.6 Å². The van der Waals surface area contributed by atoms with Crippen LogP contribution in [-0.2, 0) is 5.41 Å². The highest BCUT2D eigenvalue weighted by Gasteiger charge is 2.46. The molecule has 6 aromatic carbocycles. The molecule has 0 radical (unpaired) electrons. The molecule has 4 atom stereocenters. The first-order valence-electron chi connectivity index (χ1n) is 30.7. The molecule has 0 spiro atoms.